The number of alkyl carbamates (subject to hydrolysis) is 1. The number of aliphatic carboxylic acids is 1. The molecular weight excluding hydrogens is 322 g/mol. The summed E-state index contributed by atoms with van der Waals surface area (Å²) in [6.07, 6.45) is -0.959. The Labute approximate surface area is 146 Å². The highest BCUT2D eigenvalue weighted by molar-refractivity contribution is 5.72. The number of carboxylic acids is 1. The number of methoxy groups -OCH3 is 1. The Kier molecular flexibility index (Phi) is 6.39. The standard InChI is InChI=1S/C19H21NO5/c1-13-8-9-17(24-2)15(10-13)16(11-18(21)22)20-19(23)25-12-14-6-4-3-5-7-14/h3-10,16H,11-12H2,1-2H3,(H,20,23)(H,21,22)/t16-/m0/s1. The number of benzene rings is 2. The molecule has 2 aromatic carbocycles. The first-order valence-electron chi connectivity index (χ1n) is 7.83. The first kappa shape index (κ1) is 18.3. The van der Waals surface area contributed by atoms with Crippen LogP contribution in [0.4, 0.5) is 4.79 Å². The molecule has 0 aromatic heterocycles. The van der Waals surface area contributed by atoms with Gasteiger partial charge in [-0.05, 0) is 18.6 Å². The number of hydrogen-bond donors (Lipinski definition) is 2. The van der Waals surface area contributed by atoms with Gasteiger partial charge in [-0.1, -0.05) is 48.0 Å². The molecule has 25 heavy (non-hydrogen) atoms. The molecule has 0 saturated heterocycles. The van der Waals surface area contributed by atoms with Crippen molar-refractivity contribution in [2.24, 2.45) is 0 Å². The van der Waals surface area contributed by atoms with Crippen molar-refractivity contribution in [1.82, 2.24) is 5.32 Å². The molecule has 132 valence electrons. The van der Waals surface area contributed by atoms with Crippen molar-refractivity contribution < 1.29 is 24.2 Å². The Hall–Kier alpha value is -3.02. The van der Waals surface area contributed by atoms with E-state index >= 15 is 0 Å². The number of carboxylic acid groups (broad SMARTS) is 1. The molecule has 6 heteroatoms. The first-order valence-corrected chi connectivity index (χ1v) is 7.83. The Morgan fingerprint density at radius 3 is 2.52 bits per heavy atom. The minimum absolute atomic E-state index is 0.109. The molecule has 0 radical (unpaired) electrons. The second-order valence-electron chi connectivity index (χ2n) is 5.60. The van der Waals surface area contributed by atoms with E-state index in [-0.39, 0.29) is 13.0 Å². The molecule has 6 nitrogen and oxygen atoms in total. The quantitative estimate of drug-likeness (QED) is 0.804. The highest BCUT2D eigenvalue weighted by Crippen LogP contribution is 2.28. The second-order valence-corrected chi connectivity index (χ2v) is 5.60. The molecule has 2 aromatic rings. The zero-order valence-corrected chi connectivity index (χ0v) is 14.2. The van der Waals surface area contributed by atoms with Gasteiger partial charge in [0.05, 0.1) is 19.6 Å². The average molecular weight is 343 g/mol. The van der Waals surface area contributed by atoms with Crippen molar-refractivity contribution in [1.29, 1.82) is 0 Å². The summed E-state index contributed by atoms with van der Waals surface area (Å²) >= 11 is 0. The van der Waals surface area contributed by atoms with Crippen molar-refractivity contribution in [3.8, 4) is 5.75 Å². The van der Waals surface area contributed by atoms with Crippen LogP contribution in [0.15, 0.2) is 48.5 Å². The van der Waals surface area contributed by atoms with E-state index in [0.717, 1.165) is 11.1 Å². The lowest BCUT2D eigenvalue weighted by Gasteiger charge is -2.20. The van der Waals surface area contributed by atoms with Crippen LogP contribution in [0.3, 0.4) is 0 Å². The lowest BCUT2D eigenvalue weighted by Crippen LogP contribution is -2.31. The molecule has 0 heterocycles. The highest BCUT2D eigenvalue weighted by Gasteiger charge is 2.22. The average Bonchev–Trinajstić information content (AvgIpc) is 2.60. The topological polar surface area (TPSA) is 84.9 Å². The van der Waals surface area contributed by atoms with Gasteiger partial charge in [-0.25, -0.2) is 4.79 Å². The fourth-order valence-electron chi connectivity index (χ4n) is 2.45. The van der Waals surface area contributed by atoms with E-state index in [4.69, 9.17) is 14.6 Å². The smallest absolute Gasteiger partial charge is 0.407 e. The van der Waals surface area contributed by atoms with Crippen molar-refractivity contribution in [3.05, 3.63) is 65.2 Å². The first-order chi connectivity index (χ1) is 12.0. The van der Waals surface area contributed by atoms with E-state index < -0.39 is 18.1 Å². The molecular formula is C19H21NO5. The molecule has 1 atom stereocenters. The van der Waals surface area contributed by atoms with Crippen molar-refractivity contribution >= 4 is 12.1 Å². The van der Waals surface area contributed by atoms with E-state index in [1.54, 1.807) is 12.1 Å². The molecule has 0 unspecified atom stereocenters. The molecule has 0 aliphatic rings. The largest absolute Gasteiger partial charge is 0.496 e. The fourth-order valence-corrected chi connectivity index (χ4v) is 2.45. The predicted octanol–water partition coefficient (Wildman–Crippen LogP) is 3.45. The molecule has 2 rings (SSSR count). The molecule has 1 amide bonds. The Bertz CT molecular complexity index is 730. The van der Waals surface area contributed by atoms with Crippen LogP contribution in [0.5, 0.6) is 5.75 Å². The number of hydrogen-bond acceptors (Lipinski definition) is 4. The van der Waals surface area contributed by atoms with E-state index in [0.29, 0.717) is 11.3 Å². The van der Waals surface area contributed by atoms with Crippen LogP contribution in [-0.2, 0) is 16.1 Å². The van der Waals surface area contributed by atoms with Crippen molar-refractivity contribution in [2.75, 3.05) is 7.11 Å². The Morgan fingerprint density at radius 1 is 1.16 bits per heavy atom. The van der Waals surface area contributed by atoms with Crippen LogP contribution < -0.4 is 10.1 Å². The van der Waals surface area contributed by atoms with Crippen molar-refractivity contribution in [3.63, 3.8) is 0 Å². The zero-order chi connectivity index (χ0) is 18.2. The van der Waals surface area contributed by atoms with Gasteiger partial charge in [-0.15, -0.1) is 0 Å². The second kappa shape index (κ2) is 8.73. The van der Waals surface area contributed by atoms with Gasteiger partial charge in [0, 0.05) is 5.56 Å². The van der Waals surface area contributed by atoms with Gasteiger partial charge in [0.15, 0.2) is 0 Å². The van der Waals surface area contributed by atoms with Crippen molar-refractivity contribution in [2.45, 2.75) is 26.0 Å². The number of aryl methyl sites for hydroxylation is 1. The molecule has 0 aliphatic carbocycles. The van der Waals surface area contributed by atoms with Crippen LogP contribution in [0, 0.1) is 6.92 Å². The van der Waals surface area contributed by atoms with Crippen LogP contribution in [0.25, 0.3) is 0 Å². The third-order valence-electron chi connectivity index (χ3n) is 3.64. The van der Waals surface area contributed by atoms with E-state index in [9.17, 15) is 9.59 Å². The lowest BCUT2D eigenvalue weighted by molar-refractivity contribution is -0.137. The summed E-state index contributed by atoms with van der Waals surface area (Å²) < 4.78 is 10.5. The third-order valence-corrected chi connectivity index (χ3v) is 3.64. The van der Waals surface area contributed by atoms with E-state index in [1.807, 2.05) is 43.3 Å². The minimum Gasteiger partial charge on any atom is -0.496 e. The molecule has 0 aliphatic heterocycles. The zero-order valence-electron chi connectivity index (χ0n) is 14.2. The summed E-state index contributed by atoms with van der Waals surface area (Å²) in [7, 11) is 1.50. The predicted molar refractivity (Wildman–Crippen MR) is 92.5 cm³/mol. The summed E-state index contributed by atoms with van der Waals surface area (Å²) in [5, 5.41) is 11.8. The third kappa shape index (κ3) is 5.53. The number of ether oxygens (including phenoxy) is 2. The van der Waals surface area contributed by atoms with E-state index in [1.165, 1.54) is 7.11 Å². The molecule has 0 spiro atoms. The maximum atomic E-state index is 12.1. The van der Waals surface area contributed by atoms with Gasteiger partial charge in [-0.2, -0.15) is 0 Å². The summed E-state index contributed by atoms with van der Waals surface area (Å²) in [4.78, 5) is 23.3. The maximum absolute atomic E-state index is 12.1. The van der Waals surface area contributed by atoms with Gasteiger partial charge >= 0.3 is 12.1 Å². The van der Waals surface area contributed by atoms with Gasteiger partial charge in [0.1, 0.15) is 12.4 Å². The molecule has 2 N–H and O–H groups in total. The summed E-state index contributed by atoms with van der Waals surface area (Å²) in [5.74, 6) is -0.517. The maximum Gasteiger partial charge on any atom is 0.407 e. The van der Waals surface area contributed by atoms with Gasteiger partial charge in [-0.3, -0.25) is 4.79 Å². The summed E-state index contributed by atoms with van der Waals surface area (Å²) in [6, 6.07) is 13.9. The lowest BCUT2D eigenvalue weighted by atomic mass is 10.0. The van der Waals surface area contributed by atoms with Gasteiger partial charge in [0.2, 0.25) is 0 Å². The molecule has 0 fully saturated rings. The number of amides is 1. The molecule has 0 bridgehead atoms. The van der Waals surface area contributed by atoms with Crippen LogP contribution in [-0.4, -0.2) is 24.3 Å². The number of nitrogens with one attached hydrogen (secondary N) is 1. The van der Waals surface area contributed by atoms with Crippen LogP contribution >= 0.6 is 0 Å². The SMILES string of the molecule is COc1ccc(C)cc1[C@H](CC(=O)O)NC(=O)OCc1ccccc1. The number of carbonyl (C=O) groups excluding carboxylic acids is 1. The highest BCUT2D eigenvalue weighted by atomic mass is 16.5. The number of carbonyl (C=O) groups is 2. The number of rotatable bonds is 7. The Morgan fingerprint density at radius 2 is 1.88 bits per heavy atom. The minimum atomic E-state index is -1.03. The van der Waals surface area contributed by atoms with Gasteiger partial charge in [0.25, 0.3) is 0 Å². The molecule has 0 saturated carbocycles. The summed E-state index contributed by atoms with van der Waals surface area (Å²) in [6.45, 7) is 1.99. The van der Waals surface area contributed by atoms with E-state index in [2.05, 4.69) is 5.32 Å². The fraction of sp³-hybridized carbons (Fsp3) is 0.263. The normalized spacial score (nSPS) is 11.4. The van der Waals surface area contributed by atoms with Crippen LogP contribution in [0.1, 0.15) is 29.2 Å². The summed E-state index contributed by atoms with van der Waals surface area (Å²) in [5.41, 5.74) is 2.38. The van der Waals surface area contributed by atoms with Crippen LogP contribution in [0.2, 0.25) is 0 Å². The van der Waals surface area contributed by atoms with Gasteiger partial charge < -0.3 is 19.9 Å². The Balaban J connectivity index is 2.11. The monoisotopic (exact) mass is 343 g/mol.